The minimum atomic E-state index is -0.311. The minimum Gasteiger partial charge on any atom is -0.497 e. The third kappa shape index (κ3) is 4.27. The van der Waals surface area contributed by atoms with E-state index in [-0.39, 0.29) is 11.6 Å². The first-order valence-corrected chi connectivity index (χ1v) is 10.5. The molecule has 0 aliphatic carbocycles. The number of oxime groups is 1. The number of likely N-dealkylation sites (tertiary alicyclic amines) is 1. The first kappa shape index (κ1) is 20.3. The highest BCUT2D eigenvalue weighted by atomic mass is 16.7. The van der Waals surface area contributed by atoms with Crippen LogP contribution in [0.3, 0.4) is 0 Å². The highest BCUT2D eigenvalue weighted by Gasteiger charge is 2.43. The first-order valence-electron chi connectivity index (χ1n) is 10.5. The Morgan fingerprint density at radius 1 is 1.17 bits per heavy atom. The Morgan fingerprint density at radius 3 is 2.57 bits per heavy atom. The van der Waals surface area contributed by atoms with E-state index < -0.39 is 0 Å². The van der Waals surface area contributed by atoms with Crippen molar-refractivity contribution in [3.05, 3.63) is 59.7 Å². The lowest BCUT2D eigenvalue weighted by Crippen LogP contribution is -2.48. The van der Waals surface area contributed by atoms with Gasteiger partial charge in [-0.1, -0.05) is 43.3 Å². The largest absolute Gasteiger partial charge is 0.497 e. The molecule has 1 fully saturated rings. The van der Waals surface area contributed by atoms with Crippen molar-refractivity contribution in [3.63, 3.8) is 0 Å². The number of anilines is 1. The fraction of sp³-hybridized carbons (Fsp3) is 0.417. The molecule has 2 heterocycles. The second kappa shape index (κ2) is 8.38. The standard InChI is InChI=1S/C24H29N3O3/c1-17(2)18-7-9-20(10-8-18)25-23(28)27-13-11-24(12-14-27)16-22(26-30-24)19-5-4-6-21(15-19)29-3/h4-10,15,17H,11-14,16H2,1-3H3,(H,25,28). The Hall–Kier alpha value is -3.02. The zero-order chi connectivity index (χ0) is 21.1. The maximum Gasteiger partial charge on any atom is 0.321 e. The summed E-state index contributed by atoms with van der Waals surface area (Å²) in [5.41, 5.74) is 3.74. The fourth-order valence-corrected chi connectivity index (χ4v) is 4.02. The van der Waals surface area contributed by atoms with Crippen molar-refractivity contribution >= 4 is 17.4 Å². The molecule has 158 valence electrons. The molecule has 2 aromatic rings. The number of nitrogens with zero attached hydrogens (tertiary/aromatic N) is 2. The number of methoxy groups -OCH3 is 1. The normalized spacial score (nSPS) is 17.6. The topological polar surface area (TPSA) is 63.2 Å². The lowest BCUT2D eigenvalue weighted by Gasteiger charge is -2.37. The first-order chi connectivity index (χ1) is 14.5. The smallest absolute Gasteiger partial charge is 0.321 e. The van der Waals surface area contributed by atoms with Crippen LogP contribution in [0.4, 0.5) is 10.5 Å². The molecule has 4 rings (SSSR count). The molecule has 0 unspecified atom stereocenters. The number of carbonyl (C=O) groups excluding carboxylic acids is 1. The van der Waals surface area contributed by atoms with Gasteiger partial charge in [0, 0.05) is 43.6 Å². The molecule has 2 aliphatic heterocycles. The predicted octanol–water partition coefficient (Wildman–Crippen LogP) is 5.01. The predicted molar refractivity (Wildman–Crippen MR) is 118 cm³/mol. The second-order valence-corrected chi connectivity index (χ2v) is 8.41. The van der Waals surface area contributed by atoms with Gasteiger partial charge in [0.2, 0.25) is 0 Å². The lowest BCUT2D eigenvalue weighted by molar-refractivity contribution is -0.0544. The van der Waals surface area contributed by atoms with Crippen LogP contribution in [0.25, 0.3) is 0 Å². The molecule has 2 amide bonds. The summed E-state index contributed by atoms with van der Waals surface area (Å²) in [6, 6.07) is 15.9. The molecule has 2 aliphatic rings. The highest BCUT2D eigenvalue weighted by Crippen LogP contribution is 2.36. The summed E-state index contributed by atoms with van der Waals surface area (Å²) in [6.45, 7) is 5.62. The number of hydrogen-bond acceptors (Lipinski definition) is 4. The number of piperidine rings is 1. The van der Waals surface area contributed by atoms with E-state index in [4.69, 9.17) is 9.57 Å². The molecule has 0 saturated carbocycles. The van der Waals surface area contributed by atoms with Gasteiger partial charge >= 0.3 is 6.03 Å². The molecule has 1 spiro atoms. The highest BCUT2D eigenvalue weighted by molar-refractivity contribution is 6.02. The fourth-order valence-electron chi connectivity index (χ4n) is 4.02. The van der Waals surface area contributed by atoms with Crippen LogP contribution in [0.2, 0.25) is 0 Å². The molecule has 30 heavy (non-hydrogen) atoms. The van der Waals surface area contributed by atoms with Gasteiger partial charge < -0.3 is 19.8 Å². The number of carbonyl (C=O) groups is 1. The van der Waals surface area contributed by atoms with Gasteiger partial charge in [-0.05, 0) is 35.7 Å². The van der Waals surface area contributed by atoms with Gasteiger partial charge in [0.1, 0.15) is 11.4 Å². The van der Waals surface area contributed by atoms with E-state index in [0.29, 0.717) is 19.0 Å². The number of hydrogen-bond donors (Lipinski definition) is 1. The van der Waals surface area contributed by atoms with E-state index in [9.17, 15) is 4.79 Å². The van der Waals surface area contributed by atoms with Crippen LogP contribution >= 0.6 is 0 Å². The van der Waals surface area contributed by atoms with Crippen molar-refractivity contribution < 1.29 is 14.4 Å². The van der Waals surface area contributed by atoms with Crippen LogP contribution in [0.1, 0.15) is 50.2 Å². The maximum atomic E-state index is 12.7. The third-order valence-corrected chi connectivity index (χ3v) is 6.03. The summed E-state index contributed by atoms with van der Waals surface area (Å²) in [5.74, 6) is 1.28. The van der Waals surface area contributed by atoms with Crippen LogP contribution in [0, 0.1) is 0 Å². The van der Waals surface area contributed by atoms with E-state index in [1.165, 1.54) is 5.56 Å². The van der Waals surface area contributed by atoms with Gasteiger partial charge in [-0.25, -0.2) is 4.79 Å². The van der Waals surface area contributed by atoms with Gasteiger partial charge in [0.25, 0.3) is 0 Å². The zero-order valence-electron chi connectivity index (χ0n) is 17.9. The number of amides is 2. The number of ether oxygens (including phenoxy) is 1. The molecule has 6 heteroatoms. The average Bonchev–Trinajstić information content (AvgIpc) is 3.18. The van der Waals surface area contributed by atoms with Crippen molar-refractivity contribution in [2.24, 2.45) is 5.16 Å². The van der Waals surface area contributed by atoms with Crippen LogP contribution in [-0.2, 0) is 4.84 Å². The molecule has 0 atom stereocenters. The van der Waals surface area contributed by atoms with E-state index in [1.54, 1.807) is 7.11 Å². The molecule has 0 aromatic heterocycles. The van der Waals surface area contributed by atoms with Crippen molar-refractivity contribution in [1.29, 1.82) is 0 Å². The number of nitrogens with one attached hydrogen (secondary N) is 1. The second-order valence-electron chi connectivity index (χ2n) is 8.41. The van der Waals surface area contributed by atoms with E-state index in [1.807, 2.05) is 41.3 Å². The Bertz CT molecular complexity index is 929. The molecule has 2 aromatic carbocycles. The van der Waals surface area contributed by atoms with Crippen LogP contribution in [0.5, 0.6) is 5.75 Å². The van der Waals surface area contributed by atoms with Gasteiger partial charge in [0.15, 0.2) is 0 Å². The monoisotopic (exact) mass is 407 g/mol. The molecular formula is C24H29N3O3. The summed E-state index contributed by atoms with van der Waals surface area (Å²) in [6.07, 6.45) is 2.29. The van der Waals surface area contributed by atoms with Crippen molar-refractivity contribution in [3.8, 4) is 5.75 Å². The molecule has 0 bridgehead atoms. The minimum absolute atomic E-state index is 0.0610. The van der Waals surface area contributed by atoms with E-state index in [0.717, 1.165) is 42.0 Å². The number of rotatable bonds is 4. The number of benzene rings is 2. The molecule has 6 nitrogen and oxygen atoms in total. The van der Waals surface area contributed by atoms with Gasteiger partial charge in [-0.15, -0.1) is 0 Å². The Labute approximate surface area is 177 Å². The van der Waals surface area contributed by atoms with Crippen molar-refractivity contribution in [1.82, 2.24) is 4.90 Å². The molecule has 1 N–H and O–H groups in total. The van der Waals surface area contributed by atoms with Gasteiger partial charge in [-0.3, -0.25) is 0 Å². The van der Waals surface area contributed by atoms with Crippen molar-refractivity contribution in [2.45, 2.75) is 44.6 Å². The Balaban J connectivity index is 1.32. The summed E-state index contributed by atoms with van der Waals surface area (Å²) in [4.78, 5) is 20.4. The Kier molecular flexibility index (Phi) is 5.66. The lowest BCUT2D eigenvalue weighted by atomic mass is 9.85. The third-order valence-electron chi connectivity index (χ3n) is 6.03. The average molecular weight is 408 g/mol. The molecule has 0 radical (unpaired) electrons. The summed E-state index contributed by atoms with van der Waals surface area (Å²) in [5, 5.41) is 7.37. The number of urea groups is 1. The SMILES string of the molecule is COc1cccc(C2=NOC3(CCN(C(=O)Nc4ccc(C(C)C)cc4)CC3)C2)c1. The molecule has 1 saturated heterocycles. The zero-order valence-corrected chi connectivity index (χ0v) is 17.9. The Morgan fingerprint density at radius 2 is 1.90 bits per heavy atom. The quantitative estimate of drug-likeness (QED) is 0.775. The van der Waals surface area contributed by atoms with Crippen LogP contribution < -0.4 is 10.1 Å². The van der Waals surface area contributed by atoms with Gasteiger partial charge in [0.05, 0.1) is 12.8 Å². The van der Waals surface area contributed by atoms with Crippen LogP contribution in [-0.4, -0.2) is 42.4 Å². The van der Waals surface area contributed by atoms with Gasteiger partial charge in [-0.2, -0.15) is 0 Å². The summed E-state index contributed by atoms with van der Waals surface area (Å²) in [7, 11) is 1.66. The van der Waals surface area contributed by atoms with Crippen molar-refractivity contribution in [2.75, 3.05) is 25.5 Å². The maximum absolute atomic E-state index is 12.7. The van der Waals surface area contributed by atoms with E-state index >= 15 is 0 Å². The summed E-state index contributed by atoms with van der Waals surface area (Å²) < 4.78 is 5.31. The summed E-state index contributed by atoms with van der Waals surface area (Å²) >= 11 is 0. The van der Waals surface area contributed by atoms with E-state index in [2.05, 4.69) is 36.5 Å². The molecular weight excluding hydrogens is 378 g/mol. The van der Waals surface area contributed by atoms with Crippen LogP contribution in [0.15, 0.2) is 53.7 Å².